The highest BCUT2D eigenvalue weighted by Gasteiger charge is 1.90. The van der Waals surface area contributed by atoms with Crippen molar-refractivity contribution in [2.24, 2.45) is 0 Å². The van der Waals surface area contributed by atoms with Crippen molar-refractivity contribution in [3.05, 3.63) is 35.9 Å². The van der Waals surface area contributed by atoms with Crippen molar-refractivity contribution < 1.29 is 10.5 Å². The van der Waals surface area contributed by atoms with Crippen LogP contribution in [0.25, 0.3) is 0 Å². The minimum Gasteiger partial charge on any atom is -0.377 e. The third kappa shape index (κ3) is 3.51. The van der Waals surface area contributed by atoms with E-state index in [0.29, 0.717) is 0 Å². The summed E-state index contributed by atoms with van der Waals surface area (Å²) in [6.45, 7) is 2.49. The SMILES string of the molecule is [NH3+]CCCOCc1ccccc1. The van der Waals surface area contributed by atoms with Gasteiger partial charge in [-0.2, -0.15) is 0 Å². The van der Waals surface area contributed by atoms with Crippen LogP contribution in [0.4, 0.5) is 0 Å². The van der Waals surface area contributed by atoms with E-state index < -0.39 is 0 Å². The van der Waals surface area contributed by atoms with Crippen molar-refractivity contribution in [2.45, 2.75) is 13.0 Å². The highest BCUT2D eigenvalue weighted by molar-refractivity contribution is 5.13. The second-order valence-electron chi connectivity index (χ2n) is 2.75. The molecule has 0 bridgehead atoms. The maximum Gasteiger partial charge on any atom is 0.0762 e. The summed E-state index contributed by atoms with van der Waals surface area (Å²) in [5.41, 5.74) is 4.99. The number of ether oxygens (including phenoxy) is 1. The molecule has 2 heteroatoms. The van der Waals surface area contributed by atoms with Crippen molar-refractivity contribution in [3.8, 4) is 0 Å². The van der Waals surface area contributed by atoms with E-state index in [-0.39, 0.29) is 0 Å². The van der Waals surface area contributed by atoms with Crippen LogP contribution in [0.1, 0.15) is 12.0 Å². The zero-order chi connectivity index (χ0) is 8.65. The van der Waals surface area contributed by atoms with Crippen molar-refractivity contribution in [2.75, 3.05) is 13.2 Å². The van der Waals surface area contributed by atoms with Gasteiger partial charge in [-0.15, -0.1) is 0 Å². The molecule has 0 amide bonds. The summed E-state index contributed by atoms with van der Waals surface area (Å²) in [6, 6.07) is 10.2. The van der Waals surface area contributed by atoms with Crippen LogP contribution in [0.5, 0.6) is 0 Å². The average molecular weight is 166 g/mol. The van der Waals surface area contributed by atoms with Gasteiger partial charge in [0.25, 0.3) is 0 Å². The molecule has 0 radical (unpaired) electrons. The molecule has 1 aromatic carbocycles. The van der Waals surface area contributed by atoms with Gasteiger partial charge in [0, 0.05) is 6.42 Å². The van der Waals surface area contributed by atoms with Gasteiger partial charge < -0.3 is 10.5 Å². The van der Waals surface area contributed by atoms with Crippen LogP contribution in [0, 0.1) is 0 Å². The van der Waals surface area contributed by atoms with E-state index >= 15 is 0 Å². The number of hydrogen-bond donors (Lipinski definition) is 1. The Morgan fingerprint density at radius 1 is 1.17 bits per heavy atom. The maximum absolute atomic E-state index is 5.42. The Balaban J connectivity index is 2.16. The summed E-state index contributed by atoms with van der Waals surface area (Å²) in [5.74, 6) is 0. The minimum absolute atomic E-state index is 0.723. The third-order valence-electron chi connectivity index (χ3n) is 1.65. The predicted molar refractivity (Wildman–Crippen MR) is 48.5 cm³/mol. The second kappa shape index (κ2) is 5.75. The smallest absolute Gasteiger partial charge is 0.0762 e. The quantitative estimate of drug-likeness (QED) is 0.646. The largest absolute Gasteiger partial charge is 0.377 e. The molecule has 12 heavy (non-hydrogen) atoms. The molecule has 0 spiro atoms. The number of benzene rings is 1. The first-order valence-corrected chi connectivity index (χ1v) is 4.34. The zero-order valence-corrected chi connectivity index (χ0v) is 7.33. The van der Waals surface area contributed by atoms with Gasteiger partial charge in [0.15, 0.2) is 0 Å². The summed E-state index contributed by atoms with van der Waals surface area (Å²) in [4.78, 5) is 0. The summed E-state index contributed by atoms with van der Waals surface area (Å²) in [5, 5.41) is 0. The zero-order valence-electron chi connectivity index (χ0n) is 7.33. The van der Waals surface area contributed by atoms with Gasteiger partial charge in [-0.1, -0.05) is 30.3 Å². The van der Waals surface area contributed by atoms with Crippen LogP contribution < -0.4 is 5.73 Å². The first kappa shape index (κ1) is 9.23. The van der Waals surface area contributed by atoms with Crippen molar-refractivity contribution in [1.82, 2.24) is 0 Å². The lowest BCUT2D eigenvalue weighted by atomic mass is 10.2. The lowest BCUT2D eigenvalue weighted by molar-refractivity contribution is -0.369. The molecule has 0 unspecified atom stereocenters. The molecule has 0 aromatic heterocycles. The molecule has 2 nitrogen and oxygen atoms in total. The Morgan fingerprint density at radius 2 is 1.92 bits per heavy atom. The van der Waals surface area contributed by atoms with E-state index in [4.69, 9.17) is 4.74 Å². The summed E-state index contributed by atoms with van der Waals surface area (Å²) < 4.78 is 5.42. The Morgan fingerprint density at radius 3 is 2.58 bits per heavy atom. The average Bonchev–Trinajstić information content (AvgIpc) is 2.14. The standard InChI is InChI=1S/C10H15NO/c11-7-4-8-12-9-10-5-2-1-3-6-10/h1-3,5-6H,4,7-9,11H2/p+1. The lowest BCUT2D eigenvalue weighted by Gasteiger charge is -2.01. The normalized spacial score (nSPS) is 10.1. The van der Waals surface area contributed by atoms with E-state index in [1.165, 1.54) is 5.56 Å². The van der Waals surface area contributed by atoms with E-state index in [9.17, 15) is 0 Å². The van der Waals surface area contributed by atoms with E-state index in [1.54, 1.807) is 0 Å². The van der Waals surface area contributed by atoms with Gasteiger partial charge in [0.2, 0.25) is 0 Å². The molecule has 0 aliphatic carbocycles. The van der Waals surface area contributed by atoms with Crippen molar-refractivity contribution >= 4 is 0 Å². The Labute approximate surface area is 73.3 Å². The minimum atomic E-state index is 0.723. The molecule has 0 aliphatic rings. The van der Waals surface area contributed by atoms with Gasteiger partial charge in [-0.05, 0) is 5.56 Å². The highest BCUT2D eigenvalue weighted by Crippen LogP contribution is 2.00. The van der Waals surface area contributed by atoms with E-state index in [0.717, 1.165) is 26.2 Å². The molecule has 0 fully saturated rings. The number of quaternary nitrogens is 1. The van der Waals surface area contributed by atoms with Crippen LogP contribution in [-0.2, 0) is 11.3 Å². The van der Waals surface area contributed by atoms with Crippen LogP contribution in [0.15, 0.2) is 30.3 Å². The van der Waals surface area contributed by atoms with E-state index in [1.807, 2.05) is 18.2 Å². The fourth-order valence-electron chi connectivity index (χ4n) is 0.968. The topological polar surface area (TPSA) is 36.9 Å². The molecular weight excluding hydrogens is 150 g/mol. The highest BCUT2D eigenvalue weighted by atomic mass is 16.5. The fraction of sp³-hybridized carbons (Fsp3) is 0.400. The second-order valence-corrected chi connectivity index (χ2v) is 2.75. The third-order valence-corrected chi connectivity index (χ3v) is 1.65. The molecule has 0 heterocycles. The Bertz CT molecular complexity index is 198. The lowest BCUT2D eigenvalue weighted by Crippen LogP contribution is -2.50. The molecule has 0 saturated heterocycles. The van der Waals surface area contributed by atoms with Gasteiger partial charge >= 0.3 is 0 Å². The maximum atomic E-state index is 5.42. The number of rotatable bonds is 5. The predicted octanol–water partition coefficient (Wildman–Crippen LogP) is 0.835. The van der Waals surface area contributed by atoms with Gasteiger partial charge in [-0.25, -0.2) is 0 Å². The molecule has 0 aliphatic heterocycles. The molecule has 1 aromatic rings. The monoisotopic (exact) mass is 166 g/mol. The van der Waals surface area contributed by atoms with Crippen LogP contribution >= 0.6 is 0 Å². The van der Waals surface area contributed by atoms with E-state index in [2.05, 4.69) is 17.9 Å². The van der Waals surface area contributed by atoms with Crippen LogP contribution in [0.3, 0.4) is 0 Å². The molecular formula is C10H16NO+. The van der Waals surface area contributed by atoms with Crippen LogP contribution in [0.2, 0.25) is 0 Å². The Kier molecular flexibility index (Phi) is 4.42. The summed E-state index contributed by atoms with van der Waals surface area (Å²) in [7, 11) is 0. The summed E-state index contributed by atoms with van der Waals surface area (Å²) in [6.07, 6.45) is 1.05. The van der Waals surface area contributed by atoms with Gasteiger partial charge in [0.05, 0.1) is 19.8 Å². The molecule has 3 N–H and O–H groups in total. The molecule has 0 atom stereocenters. The fourth-order valence-corrected chi connectivity index (χ4v) is 0.968. The number of hydrogen-bond acceptors (Lipinski definition) is 1. The van der Waals surface area contributed by atoms with Gasteiger partial charge in [-0.3, -0.25) is 0 Å². The molecule has 0 saturated carbocycles. The molecule has 66 valence electrons. The first-order chi connectivity index (χ1) is 5.93. The summed E-state index contributed by atoms with van der Waals surface area (Å²) >= 11 is 0. The molecule has 1 rings (SSSR count). The van der Waals surface area contributed by atoms with Crippen LogP contribution in [-0.4, -0.2) is 13.2 Å². The first-order valence-electron chi connectivity index (χ1n) is 4.34. The van der Waals surface area contributed by atoms with Crippen molar-refractivity contribution in [1.29, 1.82) is 0 Å². The van der Waals surface area contributed by atoms with Gasteiger partial charge in [0.1, 0.15) is 0 Å². The Hall–Kier alpha value is -0.860. The van der Waals surface area contributed by atoms with Crippen molar-refractivity contribution in [3.63, 3.8) is 0 Å².